The summed E-state index contributed by atoms with van der Waals surface area (Å²) in [6.45, 7) is 4.22. The van der Waals surface area contributed by atoms with E-state index in [0.717, 1.165) is 18.1 Å². The highest BCUT2D eigenvalue weighted by Crippen LogP contribution is 2.16. The van der Waals surface area contributed by atoms with Crippen LogP contribution in [0.5, 0.6) is 0 Å². The van der Waals surface area contributed by atoms with E-state index in [1.807, 2.05) is 0 Å². The Morgan fingerprint density at radius 3 is 2.89 bits per heavy atom. The molecule has 0 aliphatic rings. The van der Waals surface area contributed by atoms with Gasteiger partial charge in [0, 0.05) is 31.7 Å². The van der Waals surface area contributed by atoms with Crippen LogP contribution in [-0.4, -0.2) is 43.8 Å². The van der Waals surface area contributed by atoms with Gasteiger partial charge < -0.3 is 15.2 Å². The molecular formula is C14H23NO2S. The van der Waals surface area contributed by atoms with Crippen molar-refractivity contribution in [1.29, 1.82) is 0 Å². The molecule has 0 aliphatic heterocycles. The molecule has 1 unspecified atom stereocenters. The van der Waals surface area contributed by atoms with Crippen molar-refractivity contribution in [3.8, 4) is 0 Å². The van der Waals surface area contributed by atoms with Crippen molar-refractivity contribution in [1.82, 2.24) is 5.32 Å². The van der Waals surface area contributed by atoms with Crippen LogP contribution in [0.25, 0.3) is 0 Å². The number of aryl methyl sites for hydroxylation is 1. The SMILES string of the molecule is COCCNCC(O)CSCc1ccccc1C. The number of hydrogen-bond acceptors (Lipinski definition) is 4. The molecule has 3 nitrogen and oxygen atoms in total. The lowest BCUT2D eigenvalue weighted by Gasteiger charge is -2.12. The summed E-state index contributed by atoms with van der Waals surface area (Å²) in [4.78, 5) is 0. The molecule has 0 saturated carbocycles. The molecule has 0 saturated heterocycles. The fourth-order valence-corrected chi connectivity index (χ4v) is 2.63. The lowest BCUT2D eigenvalue weighted by molar-refractivity contribution is 0.175. The van der Waals surface area contributed by atoms with Gasteiger partial charge in [-0.1, -0.05) is 24.3 Å². The third kappa shape index (κ3) is 6.40. The van der Waals surface area contributed by atoms with E-state index < -0.39 is 0 Å². The minimum atomic E-state index is -0.295. The molecule has 0 radical (unpaired) electrons. The van der Waals surface area contributed by atoms with Crippen LogP contribution in [0.3, 0.4) is 0 Å². The van der Waals surface area contributed by atoms with Crippen molar-refractivity contribution >= 4 is 11.8 Å². The number of rotatable bonds is 9. The fourth-order valence-electron chi connectivity index (χ4n) is 1.58. The van der Waals surface area contributed by atoms with Gasteiger partial charge in [-0.05, 0) is 18.1 Å². The number of ether oxygens (including phenoxy) is 1. The average Bonchev–Trinajstić information content (AvgIpc) is 2.37. The number of aliphatic hydroxyl groups is 1. The molecular weight excluding hydrogens is 246 g/mol. The van der Waals surface area contributed by atoms with Gasteiger partial charge in [-0.2, -0.15) is 11.8 Å². The molecule has 0 bridgehead atoms. The van der Waals surface area contributed by atoms with Crippen LogP contribution in [-0.2, 0) is 10.5 Å². The number of aliphatic hydroxyl groups excluding tert-OH is 1. The van der Waals surface area contributed by atoms with Crippen molar-refractivity contribution in [2.45, 2.75) is 18.8 Å². The molecule has 0 amide bonds. The number of methoxy groups -OCH3 is 1. The lowest BCUT2D eigenvalue weighted by atomic mass is 10.1. The summed E-state index contributed by atoms with van der Waals surface area (Å²) < 4.78 is 4.93. The van der Waals surface area contributed by atoms with Crippen LogP contribution in [0.1, 0.15) is 11.1 Å². The summed E-state index contributed by atoms with van der Waals surface area (Å²) in [6.07, 6.45) is -0.295. The first kappa shape index (κ1) is 15.5. The Morgan fingerprint density at radius 1 is 1.39 bits per heavy atom. The van der Waals surface area contributed by atoms with E-state index in [2.05, 4.69) is 36.5 Å². The summed E-state index contributed by atoms with van der Waals surface area (Å²) in [7, 11) is 1.68. The first-order chi connectivity index (χ1) is 8.74. The van der Waals surface area contributed by atoms with E-state index in [4.69, 9.17) is 4.74 Å². The van der Waals surface area contributed by atoms with Gasteiger partial charge in [-0.15, -0.1) is 0 Å². The predicted octanol–water partition coefficient (Wildman–Crippen LogP) is 1.83. The highest BCUT2D eigenvalue weighted by atomic mass is 32.2. The van der Waals surface area contributed by atoms with Gasteiger partial charge in [-0.25, -0.2) is 0 Å². The van der Waals surface area contributed by atoms with Crippen LogP contribution < -0.4 is 5.32 Å². The zero-order chi connectivity index (χ0) is 13.2. The van der Waals surface area contributed by atoms with Crippen molar-refractivity contribution in [2.75, 3.05) is 32.6 Å². The maximum Gasteiger partial charge on any atom is 0.0754 e. The van der Waals surface area contributed by atoms with Gasteiger partial charge in [-0.3, -0.25) is 0 Å². The fraction of sp³-hybridized carbons (Fsp3) is 0.571. The van der Waals surface area contributed by atoms with Gasteiger partial charge in [0.2, 0.25) is 0 Å². The third-order valence-electron chi connectivity index (χ3n) is 2.69. The quantitative estimate of drug-likeness (QED) is 0.671. The second-order valence-corrected chi connectivity index (χ2v) is 5.32. The first-order valence-electron chi connectivity index (χ1n) is 6.24. The van der Waals surface area contributed by atoms with E-state index in [-0.39, 0.29) is 6.10 Å². The second kappa shape index (κ2) is 9.39. The van der Waals surface area contributed by atoms with Crippen LogP contribution in [0.15, 0.2) is 24.3 Å². The van der Waals surface area contributed by atoms with Crippen molar-refractivity contribution in [3.05, 3.63) is 35.4 Å². The Balaban J connectivity index is 2.12. The van der Waals surface area contributed by atoms with Crippen LogP contribution in [0, 0.1) is 6.92 Å². The van der Waals surface area contributed by atoms with E-state index in [9.17, 15) is 5.11 Å². The van der Waals surface area contributed by atoms with Crippen LogP contribution in [0.2, 0.25) is 0 Å². The van der Waals surface area contributed by atoms with E-state index in [0.29, 0.717) is 13.2 Å². The van der Waals surface area contributed by atoms with E-state index >= 15 is 0 Å². The Bertz CT molecular complexity index is 333. The summed E-state index contributed by atoms with van der Waals surface area (Å²) in [5, 5.41) is 12.9. The summed E-state index contributed by atoms with van der Waals surface area (Å²) in [6, 6.07) is 8.38. The topological polar surface area (TPSA) is 41.5 Å². The molecule has 0 fully saturated rings. The maximum absolute atomic E-state index is 9.77. The van der Waals surface area contributed by atoms with Crippen molar-refractivity contribution in [3.63, 3.8) is 0 Å². The molecule has 0 aromatic heterocycles. The van der Waals surface area contributed by atoms with Crippen molar-refractivity contribution in [2.24, 2.45) is 0 Å². The van der Waals surface area contributed by atoms with E-state index in [1.165, 1.54) is 11.1 Å². The van der Waals surface area contributed by atoms with E-state index in [1.54, 1.807) is 18.9 Å². The van der Waals surface area contributed by atoms with Gasteiger partial charge in [0.15, 0.2) is 0 Å². The average molecular weight is 269 g/mol. The Morgan fingerprint density at radius 2 is 2.17 bits per heavy atom. The zero-order valence-corrected chi connectivity index (χ0v) is 12.0. The van der Waals surface area contributed by atoms with Crippen molar-refractivity contribution < 1.29 is 9.84 Å². The highest BCUT2D eigenvalue weighted by molar-refractivity contribution is 7.98. The number of hydrogen-bond donors (Lipinski definition) is 2. The summed E-state index contributed by atoms with van der Waals surface area (Å²) >= 11 is 1.77. The summed E-state index contributed by atoms with van der Waals surface area (Å²) in [5.74, 6) is 1.72. The monoisotopic (exact) mass is 269 g/mol. The Kier molecular flexibility index (Phi) is 8.09. The highest BCUT2D eigenvalue weighted by Gasteiger charge is 2.04. The molecule has 1 atom stereocenters. The largest absolute Gasteiger partial charge is 0.391 e. The minimum absolute atomic E-state index is 0.295. The predicted molar refractivity (Wildman–Crippen MR) is 78.1 cm³/mol. The molecule has 1 aromatic rings. The van der Waals surface area contributed by atoms with Crippen LogP contribution >= 0.6 is 11.8 Å². The molecule has 1 rings (SSSR count). The smallest absolute Gasteiger partial charge is 0.0754 e. The molecule has 4 heteroatoms. The molecule has 0 spiro atoms. The number of nitrogens with one attached hydrogen (secondary N) is 1. The van der Waals surface area contributed by atoms with Crippen LogP contribution in [0.4, 0.5) is 0 Å². The van der Waals surface area contributed by atoms with Gasteiger partial charge in [0.05, 0.1) is 12.7 Å². The number of thioether (sulfide) groups is 1. The van der Waals surface area contributed by atoms with Gasteiger partial charge in [0.1, 0.15) is 0 Å². The molecule has 0 heterocycles. The zero-order valence-electron chi connectivity index (χ0n) is 11.2. The molecule has 2 N–H and O–H groups in total. The maximum atomic E-state index is 9.77. The Labute approximate surface area is 114 Å². The molecule has 18 heavy (non-hydrogen) atoms. The third-order valence-corrected chi connectivity index (χ3v) is 3.83. The Hall–Kier alpha value is -0.550. The second-order valence-electron chi connectivity index (χ2n) is 4.29. The molecule has 0 aliphatic carbocycles. The van der Waals surface area contributed by atoms with Gasteiger partial charge >= 0.3 is 0 Å². The number of benzene rings is 1. The summed E-state index contributed by atoms with van der Waals surface area (Å²) in [5.41, 5.74) is 2.67. The first-order valence-corrected chi connectivity index (χ1v) is 7.39. The lowest BCUT2D eigenvalue weighted by Crippen LogP contribution is -2.30. The minimum Gasteiger partial charge on any atom is -0.391 e. The normalized spacial score (nSPS) is 12.6. The molecule has 1 aromatic carbocycles. The standard InChI is InChI=1S/C14H23NO2S/c1-12-5-3-4-6-13(12)10-18-11-14(16)9-15-7-8-17-2/h3-6,14-16H,7-11H2,1-2H3. The molecule has 102 valence electrons. The van der Waals surface area contributed by atoms with Gasteiger partial charge in [0.25, 0.3) is 0 Å².